The lowest BCUT2D eigenvalue weighted by Crippen LogP contribution is -2.24. The Labute approximate surface area is 102 Å². The average molecular weight is 230 g/mol. The molecule has 0 radical (unpaired) electrons. The van der Waals surface area contributed by atoms with Crippen molar-refractivity contribution >= 4 is 5.78 Å². The molecule has 17 heavy (non-hydrogen) atoms. The maximum Gasteiger partial charge on any atom is 0.158 e. The van der Waals surface area contributed by atoms with Crippen molar-refractivity contribution in [3.8, 4) is 0 Å². The standard InChI is InChI=1S/C15H18O2/c16-14-9-11-15(17,12-14)10-5-4-8-13-6-2-1-3-7-13/h1-3,6-7,9,11,17H,4-5,8,10,12H2. The molecule has 0 amide bonds. The van der Waals surface area contributed by atoms with Gasteiger partial charge in [0, 0.05) is 6.42 Å². The largest absolute Gasteiger partial charge is 0.385 e. The van der Waals surface area contributed by atoms with Crippen LogP contribution in [0.3, 0.4) is 0 Å². The van der Waals surface area contributed by atoms with Gasteiger partial charge in [-0.2, -0.15) is 0 Å². The lowest BCUT2D eigenvalue weighted by molar-refractivity contribution is -0.116. The summed E-state index contributed by atoms with van der Waals surface area (Å²) in [6, 6.07) is 10.3. The number of hydrogen-bond donors (Lipinski definition) is 1. The lowest BCUT2D eigenvalue weighted by atomic mass is 9.95. The molecule has 2 nitrogen and oxygen atoms in total. The molecule has 1 N–H and O–H groups in total. The third kappa shape index (κ3) is 3.53. The van der Waals surface area contributed by atoms with Crippen molar-refractivity contribution < 1.29 is 9.90 Å². The van der Waals surface area contributed by atoms with Gasteiger partial charge in [-0.15, -0.1) is 0 Å². The van der Waals surface area contributed by atoms with Gasteiger partial charge in [0.1, 0.15) is 0 Å². The van der Waals surface area contributed by atoms with Crippen molar-refractivity contribution in [1.29, 1.82) is 0 Å². The number of carbonyl (C=O) groups is 1. The molecule has 0 saturated carbocycles. The van der Waals surface area contributed by atoms with E-state index in [-0.39, 0.29) is 12.2 Å². The molecule has 1 aliphatic carbocycles. The highest BCUT2D eigenvalue weighted by atomic mass is 16.3. The number of rotatable bonds is 5. The van der Waals surface area contributed by atoms with Crippen LogP contribution in [-0.4, -0.2) is 16.5 Å². The Balaban J connectivity index is 1.70. The molecular weight excluding hydrogens is 212 g/mol. The smallest absolute Gasteiger partial charge is 0.158 e. The van der Waals surface area contributed by atoms with Crippen LogP contribution in [0, 0.1) is 0 Å². The molecule has 0 aromatic heterocycles. The maximum atomic E-state index is 11.1. The summed E-state index contributed by atoms with van der Waals surface area (Å²) in [7, 11) is 0. The van der Waals surface area contributed by atoms with Crippen LogP contribution in [0.5, 0.6) is 0 Å². The molecule has 1 aromatic rings. The van der Waals surface area contributed by atoms with Gasteiger partial charge in [-0.05, 0) is 43.4 Å². The van der Waals surface area contributed by atoms with Crippen LogP contribution < -0.4 is 0 Å². The van der Waals surface area contributed by atoms with E-state index in [1.54, 1.807) is 6.08 Å². The fourth-order valence-electron chi connectivity index (χ4n) is 2.24. The minimum Gasteiger partial charge on any atom is -0.385 e. The zero-order chi connectivity index (χ0) is 12.1. The molecule has 2 heteroatoms. The van der Waals surface area contributed by atoms with Crippen LogP contribution in [0.15, 0.2) is 42.5 Å². The average Bonchev–Trinajstić information content (AvgIpc) is 2.67. The number of aryl methyl sites for hydroxylation is 1. The molecule has 2 rings (SSSR count). The molecule has 0 spiro atoms. The second-order valence-electron chi connectivity index (χ2n) is 4.77. The second-order valence-corrected chi connectivity index (χ2v) is 4.77. The first-order chi connectivity index (χ1) is 8.18. The van der Waals surface area contributed by atoms with E-state index in [1.165, 1.54) is 11.6 Å². The van der Waals surface area contributed by atoms with Crippen LogP contribution in [0.2, 0.25) is 0 Å². The number of unbranched alkanes of at least 4 members (excludes halogenated alkanes) is 1. The van der Waals surface area contributed by atoms with Crippen molar-refractivity contribution in [2.45, 2.75) is 37.7 Å². The van der Waals surface area contributed by atoms with Crippen molar-refractivity contribution in [1.82, 2.24) is 0 Å². The molecule has 0 aliphatic heterocycles. The maximum absolute atomic E-state index is 11.1. The van der Waals surface area contributed by atoms with E-state index in [0.29, 0.717) is 6.42 Å². The fraction of sp³-hybridized carbons (Fsp3) is 0.400. The summed E-state index contributed by atoms with van der Waals surface area (Å²) in [5.41, 5.74) is 0.464. The Morgan fingerprint density at radius 2 is 1.94 bits per heavy atom. The molecule has 0 heterocycles. The molecule has 1 atom stereocenters. The van der Waals surface area contributed by atoms with Gasteiger partial charge in [-0.25, -0.2) is 0 Å². The first-order valence-corrected chi connectivity index (χ1v) is 6.16. The molecule has 0 bridgehead atoms. The molecule has 0 fully saturated rings. The van der Waals surface area contributed by atoms with Gasteiger partial charge < -0.3 is 5.11 Å². The number of aliphatic hydroxyl groups is 1. The Kier molecular flexibility index (Phi) is 3.75. The molecule has 90 valence electrons. The van der Waals surface area contributed by atoms with E-state index < -0.39 is 5.60 Å². The highest BCUT2D eigenvalue weighted by Crippen LogP contribution is 2.26. The van der Waals surface area contributed by atoms with E-state index >= 15 is 0 Å². The van der Waals surface area contributed by atoms with Crippen molar-refractivity contribution in [2.24, 2.45) is 0 Å². The summed E-state index contributed by atoms with van der Waals surface area (Å²) in [6.07, 6.45) is 7.13. The molecule has 0 saturated heterocycles. The van der Waals surface area contributed by atoms with Crippen LogP contribution in [0.1, 0.15) is 31.2 Å². The number of allylic oxidation sites excluding steroid dienone is 1. The van der Waals surface area contributed by atoms with Crippen LogP contribution in [0.25, 0.3) is 0 Å². The van der Waals surface area contributed by atoms with E-state index in [1.807, 2.05) is 18.2 Å². The second kappa shape index (κ2) is 5.28. The Bertz CT molecular complexity index is 408. The van der Waals surface area contributed by atoms with Gasteiger partial charge in [0.15, 0.2) is 5.78 Å². The van der Waals surface area contributed by atoms with Crippen molar-refractivity contribution in [3.05, 3.63) is 48.0 Å². The van der Waals surface area contributed by atoms with Crippen LogP contribution in [-0.2, 0) is 11.2 Å². The molecular formula is C15H18O2. The minimum atomic E-state index is -0.867. The summed E-state index contributed by atoms with van der Waals surface area (Å²) >= 11 is 0. The molecule has 1 unspecified atom stereocenters. The summed E-state index contributed by atoms with van der Waals surface area (Å²) in [6.45, 7) is 0. The highest BCUT2D eigenvalue weighted by molar-refractivity contribution is 5.93. The Hall–Kier alpha value is -1.41. The highest BCUT2D eigenvalue weighted by Gasteiger charge is 2.30. The first kappa shape index (κ1) is 12.1. The van der Waals surface area contributed by atoms with Gasteiger partial charge in [-0.3, -0.25) is 4.79 Å². The van der Waals surface area contributed by atoms with Gasteiger partial charge in [0.05, 0.1) is 5.60 Å². The van der Waals surface area contributed by atoms with Crippen LogP contribution in [0.4, 0.5) is 0 Å². The Morgan fingerprint density at radius 1 is 1.18 bits per heavy atom. The predicted octanol–water partition coefficient (Wildman–Crippen LogP) is 2.66. The first-order valence-electron chi connectivity index (χ1n) is 6.16. The van der Waals surface area contributed by atoms with E-state index in [9.17, 15) is 9.90 Å². The minimum absolute atomic E-state index is 0.0376. The number of carbonyl (C=O) groups excluding carboxylic acids is 1. The SMILES string of the molecule is O=C1C=CC(O)(CCCCc2ccccc2)C1. The van der Waals surface area contributed by atoms with E-state index in [0.717, 1.165) is 19.3 Å². The monoisotopic (exact) mass is 230 g/mol. The van der Waals surface area contributed by atoms with Crippen molar-refractivity contribution in [3.63, 3.8) is 0 Å². The summed E-state index contributed by atoms with van der Waals surface area (Å²) < 4.78 is 0. The van der Waals surface area contributed by atoms with E-state index in [2.05, 4.69) is 12.1 Å². The zero-order valence-corrected chi connectivity index (χ0v) is 9.93. The normalized spacial score (nSPS) is 23.2. The van der Waals surface area contributed by atoms with Crippen molar-refractivity contribution in [2.75, 3.05) is 0 Å². The summed E-state index contributed by atoms with van der Waals surface area (Å²) in [5, 5.41) is 10.1. The quantitative estimate of drug-likeness (QED) is 0.790. The Morgan fingerprint density at radius 3 is 2.59 bits per heavy atom. The molecule has 1 aromatic carbocycles. The number of benzene rings is 1. The van der Waals surface area contributed by atoms with Gasteiger partial charge >= 0.3 is 0 Å². The third-order valence-corrected chi connectivity index (χ3v) is 3.23. The number of ketones is 1. The topological polar surface area (TPSA) is 37.3 Å². The van der Waals surface area contributed by atoms with E-state index in [4.69, 9.17) is 0 Å². The van der Waals surface area contributed by atoms with Crippen LogP contribution >= 0.6 is 0 Å². The zero-order valence-electron chi connectivity index (χ0n) is 9.93. The van der Waals surface area contributed by atoms with Gasteiger partial charge in [0.25, 0.3) is 0 Å². The predicted molar refractivity (Wildman–Crippen MR) is 67.7 cm³/mol. The summed E-state index contributed by atoms with van der Waals surface area (Å²) in [4.78, 5) is 11.1. The number of hydrogen-bond acceptors (Lipinski definition) is 2. The third-order valence-electron chi connectivity index (χ3n) is 3.23. The van der Waals surface area contributed by atoms with Gasteiger partial charge in [-0.1, -0.05) is 30.3 Å². The lowest BCUT2D eigenvalue weighted by Gasteiger charge is -2.19. The molecule has 1 aliphatic rings. The summed E-state index contributed by atoms with van der Waals surface area (Å²) in [5.74, 6) is 0.0376. The fourth-order valence-corrected chi connectivity index (χ4v) is 2.24. The van der Waals surface area contributed by atoms with Gasteiger partial charge in [0.2, 0.25) is 0 Å².